The van der Waals surface area contributed by atoms with Gasteiger partial charge in [-0.05, 0) is 13.1 Å². The first-order chi connectivity index (χ1) is 7.99. The molecule has 0 saturated heterocycles. The van der Waals surface area contributed by atoms with Gasteiger partial charge < -0.3 is 10.2 Å². The van der Waals surface area contributed by atoms with Crippen LogP contribution in [0.25, 0.3) is 0 Å². The van der Waals surface area contributed by atoms with E-state index in [0.29, 0.717) is 5.75 Å². The fourth-order valence-electron chi connectivity index (χ4n) is 1.36. The van der Waals surface area contributed by atoms with Gasteiger partial charge in [-0.15, -0.1) is 0 Å². The molecule has 4 nitrogen and oxygen atoms in total. The SMILES string of the molecule is CCN(CC)CCNCCSCCS(C)(=O)=O. The van der Waals surface area contributed by atoms with Crippen molar-refractivity contribution in [2.24, 2.45) is 0 Å². The van der Waals surface area contributed by atoms with Crippen molar-refractivity contribution in [2.45, 2.75) is 13.8 Å². The molecule has 0 radical (unpaired) electrons. The summed E-state index contributed by atoms with van der Waals surface area (Å²) >= 11 is 1.70. The van der Waals surface area contributed by atoms with Crippen LogP contribution in [0.1, 0.15) is 13.8 Å². The van der Waals surface area contributed by atoms with E-state index in [2.05, 4.69) is 24.1 Å². The summed E-state index contributed by atoms with van der Waals surface area (Å²) < 4.78 is 21.7. The van der Waals surface area contributed by atoms with E-state index in [9.17, 15) is 8.42 Å². The average molecular weight is 282 g/mol. The van der Waals surface area contributed by atoms with Crippen LogP contribution < -0.4 is 5.32 Å². The van der Waals surface area contributed by atoms with E-state index in [-0.39, 0.29) is 5.75 Å². The molecule has 0 aliphatic heterocycles. The maximum atomic E-state index is 10.9. The van der Waals surface area contributed by atoms with Crippen molar-refractivity contribution in [2.75, 3.05) is 56.2 Å². The molecule has 0 aliphatic rings. The van der Waals surface area contributed by atoms with E-state index in [0.717, 1.165) is 38.5 Å². The van der Waals surface area contributed by atoms with Crippen molar-refractivity contribution in [3.8, 4) is 0 Å². The lowest BCUT2D eigenvalue weighted by Gasteiger charge is -2.17. The molecule has 0 aromatic carbocycles. The lowest BCUT2D eigenvalue weighted by molar-refractivity contribution is 0.303. The van der Waals surface area contributed by atoms with Gasteiger partial charge in [-0.2, -0.15) is 11.8 Å². The molecule has 0 saturated carbocycles. The molecule has 0 fully saturated rings. The predicted molar refractivity (Wildman–Crippen MR) is 77.7 cm³/mol. The molecule has 104 valence electrons. The highest BCUT2D eigenvalue weighted by Crippen LogP contribution is 1.99. The number of thioether (sulfide) groups is 1. The zero-order chi connectivity index (χ0) is 13.1. The minimum Gasteiger partial charge on any atom is -0.315 e. The van der Waals surface area contributed by atoms with Gasteiger partial charge in [-0.3, -0.25) is 0 Å². The Balaban J connectivity index is 3.24. The summed E-state index contributed by atoms with van der Waals surface area (Å²) in [6.07, 6.45) is 1.29. The number of nitrogens with zero attached hydrogens (tertiary/aromatic N) is 1. The first-order valence-corrected chi connectivity index (χ1v) is 9.39. The third-order valence-corrected chi connectivity index (χ3v) is 4.71. The van der Waals surface area contributed by atoms with E-state index < -0.39 is 9.84 Å². The third kappa shape index (κ3) is 12.5. The molecule has 0 bridgehead atoms. The maximum Gasteiger partial charge on any atom is 0.148 e. The van der Waals surface area contributed by atoms with E-state index in [4.69, 9.17) is 0 Å². The predicted octanol–water partition coefficient (Wildman–Crippen LogP) is 0.696. The average Bonchev–Trinajstić information content (AvgIpc) is 2.26. The highest BCUT2D eigenvalue weighted by molar-refractivity contribution is 8.00. The van der Waals surface area contributed by atoms with Crippen molar-refractivity contribution < 1.29 is 8.42 Å². The Kier molecular flexibility index (Phi) is 10.3. The topological polar surface area (TPSA) is 49.4 Å². The molecule has 0 spiro atoms. The number of sulfone groups is 1. The van der Waals surface area contributed by atoms with Gasteiger partial charge in [0.1, 0.15) is 9.84 Å². The summed E-state index contributed by atoms with van der Waals surface area (Å²) in [6, 6.07) is 0. The zero-order valence-electron chi connectivity index (χ0n) is 11.2. The van der Waals surface area contributed by atoms with Gasteiger partial charge in [-0.1, -0.05) is 13.8 Å². The van der Waals surface area contributed by atoms with Gasteiger partial charge in [0.25, 0.3) is 0 Å². The minimum atomic E-state index is -2.79. The van der Waals surface area contributed by atoms with Crippen molar-refractivity contribution >= 4 is 21.6 Å². The molecule has 0 aliphatic carbocycles. The Hall–Kier alpha value is 0.220. The number of nitrogens with one attached hydrogen (secondary N) is 1. The third-order valence-electron chi connectivity index (χ3n) is 2.52. The Morgan fingerprint density at radius 2 is 1.76 bits per heavy atom. The second kappa shape index (κ2) is 10.2. The van der Waals surface area contributed by atoms with Crippen molar-refractivity contribution in [3.05, 3.63) is 0 Å². The number of rotatable bonds is 11. The fourth-order valence-corrected chi connectivity index (χ4v) is 3.53. The van der Waals surface area contributed by atoms with Gasteiger partial charge in [0.15, 0.2) is 0 Å². The summed E-state index contributed by atoms with van der Waals surface area (Å²) in [6.45, 7) is 9.59. The standard InChI is InChI=1S/C11H26N2O2S2/c1-4-13(5-2)8-6-12-7-9-16-10-11-17(3,14)15/h12H,4-11H2,1-3H3. The van der Waals surface area contributed by atoms with E-state index in [1.54, 1.807) is 11.8 Å². The largest absolute Gasteiger partial charge is 0.315 e. The summed E-state index contributed by atoms with van der Waals surface area (Å²) in [4.78, 5) is 2.38. The van der Waals surface area contributed by atoms with Crippen LogP contribution >= 0.6 is 11.8 Å². The molecule has 0 aromatic rings. The van der Waals surface area contributed by atoms with Crippen LogP contribution in [0.3, 0.4) is 0 Å². The van der Waals surface area contributed by atoms with Crippen LogP contribution in [-0.4, -0.2) is 69.6 Å². The smallest absolute Gasteiger partial charge is 0.148 e. The second-order valence-corrected chi connectivity index (χ2v) is 7.50. The van der Waals surface area contributed by atoms with Crippen LogP contribution in [-0.2, 0) is 9.84 Å². The quantitative estimate of drug-likeness (QED) is 0.565. The van der Waals surface area contributed by atoms with Crippen LogP contribution in [0.4, 0.5) is 0 Å². The Morgan fingerprint density at radius 3 is 2.29 bits per heavy atom. The Labute approximate surface area is 110 Å². The van der Waals surface area contributed by atoms with E-state index in [1.165, 1.54) is 6.26 Å². The molecule has 17 heavy (non-hydrogen) atoms. The Morgan fingerprint density at radius 1 is 1.12 bits per heavy atom. The molecule has 0 aromatic heterocycles. The number of hydrogen-bond donors (Lipinski definition) is 1. The summed E-state index contributed by atoms with van der Waals surface area (Å²) in [5.41, 5.74) is 0. The van der Waals surface area contributed by atoms with Crippen molar-refractivity contribution in [3.63, 3.8) is 0 Å². The first kappa shape index (κ1) is 17.2. The summed E-state index contributed by atoms with van der Waals surface area (Å²) in [5, 5.41) is 3.37. The Bertz CT molecular complexity index is 265. The number of hydrogen-bond acceptors (Lipinski definition) is 5. The molecule has 6 heteroatoms. The lowest BCUT2D eigenvalue weighted by Crippen LogP contribution is -2.32. The van der Waals surface area contributed by atoms with Crippen LogP contribution in [0, 0.1) is 0 Å². The monoisotopic (exact) mass is 282 g/mol. The normalized spacial score (nSPS) is 12.2. The van der Waals surface area contributed by atoms with Crippen LogP contribution in [0.15, 0.2) is 0 Å². The second-order valence-electron chi connectivity index (χ2n) is 4.02. The maximum absolute atomic E-state index is 10.9. The summed E-state index contributed by atoms with van der Waals surface area (Å²) in [7, 11) is -2.79. The fraction of sp³-hybridized carbons (Fsp3) is 1.00. The molecule has 0 amide bonds. The zero-order valence-corrected chi connectivity index (χ0v) is 12.9. The molecule has 0 rings (SSSR count). The van der Waals surface area contributed by atoms with E-state index >= 15 is 0 Å². The lowest BCUT2D eigenvalue weighted by atomic mass is 10.4. The van der Waals surface area contributed by atoms with Gasteiger partial charge >= 0.3 is 0 Å². The molecular weight excluding hydrogens is 256 g/mol. The molecule has 0 unspecified atom stereocenters. The van der Waals surface area contributed by atoms with Gasteiger partial charge in [0.05, 0.1) is 5.75 Å². The first-order valence-electron chi connectivity index (χ1n) is 6.18. The van der Waals surface area contributed by atoms with Crippen LogP contribution in [0.2, 0.25) is 0 Å². The van der Waals surface area contributed by atoms with Crippen molar-refractivity contribution in [1.82, 2.24) is 10.2 Å². The highest BCUT2D eigenvalue weighted by Gasteiger charge is 2.01. The van der Waals surface area contributed by atoms with Gasteiger partial charge in [0, 0.05) is 37.4 Å². The highest BCUT2D eigenvalue weighted by atomic mass is 32.2. The molecule has 0 atom stereocenters. The van der Waals surface area contributed by atoms with Gasteiger partial charge in [0.2, 0.25) is 0 Å². The molecule has 1 N–H and O–H groups in total. The molecule has 0 heterocycles. The van der Waals surface area contributed by atoms with Crippen molar-refractivity contribution in [1.29, 1.82) is 0 Å². The number of likely N-dealkylation sites (N-methyl/N-ethyl adjacent to an activating group) is 1. The van der Waals surface area contributed by atoms with Gasteiger partial charge in [-0.25, -0.2) is 8.42 Å². The van der Waals surface area contributed by atoms with Crippen LogP contribution in [0.5, 0.6) is 0 Å². The molecular formula is C11H26N2O2S2. The summed E-state index contributed by atoms with van der Waals surface area (Å²) in [5.74, 6) is 1.97. The van der Waals surface area contributed by atoms with E-state index in [1.807, 2.05) is 0 Å². The minimum absolute atomic E-state index is 0.289.